The number of β-amino-alcohol motifs (C(OH)–C–C–N with tert-alkyl or cyclic N) is 1. The fraction of sp³-hybridized carbons (Fsp3) is 0.533. The summed E-state index contributed by atoms with van der Waals surface area (Å²) in [7, 11) is 0. The van der Waals surface area contributed by atoms with E-state index in [0.717, 1.165) is 11.3 Å². The Bertz CT molecular complexity index is 464. The molecule has 1 aliphatic heterocycles. The molecule has 1 aromatic carbocycles. The molecule has 1 heterocycles. The van der Waals surface area contributed by atoms with E-state index in [1.165, 1.54) is 0 Å². The average Bonchev–Trinajstić information content (AvgIpc) is 2.77. The van der Waals surface area contributed by atoms with Crippen LogP contribution in [0.3, 0.4) is 0 Å². The molecular formula is C15H22N2O3. The summed E-state index contributed by atoms with van der Waals surface area (Å²) >= 11 is 0. The fourth-order valence-electron chi connectivity index (χ4n) is 2.32. The molecular weight excluding hydrogens is 256 g/mol. The maximum absolute atomic E-state index is 11.6. The van der Waals surface area contributed by atoms with Crippen LogP contribution in [0.2, 0.25) is 0 Å². The van der Waals surface area contributed by atoms with Gasteiger partial charge in [-0.2, -0.15) is 0 Å². The zero-order chi connectivity index (χ0) is 14.5. The molecule has 1 fully saturated rings. The number of para-hydroxylation sites is 1. The van der Waals surface area contributed by atoms with Crippen LogP contribution in [0.4, 0.5) is 0 Å². The highest BCUT2D eigenvalue weighted by Crippen LogP contribution is 2.16. The van der Waals surface area contributed by atoms with Gasteiger partial charge < -0.3 is 14.7 Å². The maximum Gasteiger partial charge on any atom is 0.237 e. The van der Waals surface area contributed by atoms with E-state index >= 15 is 0 Å². The first-order valence-corrected chi connectivity index (χ1v) is 6.96. The normalized spacial score (nSPS) is 17.6. The molecule has 20 heavy (non-hydrogen) atoms. The Morgan fingerprint density at radius 1 is 1.40 bits per heavy atom. The maximum atomic E-state index is 11.6. The number of hydrogen-bond acceptors (Lipinski definition) is 4. The van der Waals surface area contributed by atoms with Crippen LogP contribution in [0.25, 0.3) is 0 Å². The largest absolute Gasteiger partial charge is 0.491 e. The van der Waals surface area contributed by atoms with Crippen molar-refractivity contribution in [3.63, 3.8) is 0 Å². The summed E-state index contributed by atoms with van der Waals surface area (Å²) in [6.45, 7) is 6.31. The summed E-state index contributed by atoms with van der Waals surface area (Å²) in [6.07, 6.45) is -0.598. The number of aliphatic hydroxyl groups excluding tert-OH is 1. The minimum atomic E-state index is -0.598. The topological polar surface area (TPSA) is 53.0 Å². The molecule has 0 bridgehead atoms. The predicted molar refractivity (Wildman–Crippen MR) is 76.5 cm³/mol. The van der Waals surface area contributed by atoms with Crippen molar-refractivity contribution in [3.05, 3.63) is 29.8 Å². The lowest BCUT2D eigenvalue weighted by molar-refractivity contribution is -0.126. The third kappa shape index (κ3) is 3.71. The zero-order valence-electron chi connectivity index (χ0n) is 12.1. The lowest BCUT2D eigenvalue weighted by Gasteiger charge is -2.20. The quantitative estimate of drug-likeness (QED) is 0.838. The Balaban J connectivity index is 1.78. The Labute approximate surface area is 119 Å². The molecule has 0 aromatic heterocycles. The van der Waals surface area contributed by atoms with Gasteiger partial charge in [-0.1, -0.05) is 18.2 Å². The molecule has 1 aliphatic rings. The third-order valence-electron chi connectivity index (χ3n) is 3.46. The number of hydrogen-bond donors (Lipinski definition) is 1. The Morgan fingerprint density at radius 2 is 2.15 bits per heavy atom. The SMILES string of the molecule is CCN1CN(C[C@H](O)COc2ccccc2C)CC1=O. The van der Waals surface area contributed by atoms with Crippen molar-refractivity contribution >= 4 is 5.91 Å². The summed E-state index contributed by atoms with van der Waals surface area (Å²) in [5.74, 6) is 0.916. The van der Waals surface area contributed by atoms with Crippen molar-refractivity contribution in [2.45, 2.75) is 20.0 Å². The number of aliphatic hydroxyl groups is 1. The second-order valence-corrected chi connectivity index (χ2v) is 5.13. The van der Waals surface area contributed by atoms with Gasteiger partial charge in [0.05, 0.1) is 13.2 Å². The van der Waals surface area contributed by atoms with Crippen LogP contribution < -0.4 is 4.74 Å². The van der Waals surface area contributed by atoms with Gasteiger partial charge in [-0.25, -0.2) is 0 Å². The van der Waals surface area contributed by atoms with Crippen LogP contribution in [0.5, 0.6) is 5.75 Å². The number of aryl methyl sites for hydroxylation is 1. The van der Waals surface area contributed by atoms with Crippen LogP contribution in [0.1, 0.15) is 12.5 Å². The molecule has 1 atom stereocenters. The number of benzene rings is 1. The van der Waals surface area contributed by atoms with Crippen LogP contribution in [0, 0.1) is 6.92 Å². The van der Waals surface area contributed by atoms with Crippen molar-refractivity contribution in [2.75, 3.05) is 32.9 Å². The highest BCUT2D eigenvalue weighted by molar-refractivity contribution is 5.79. The van der Waals surface area contributed by atoms with E-state index in [1.54, 1.807) is 4.90 Å². The summed E-state index contributed by atoms with van der Waals surface area (Å²) in [5, 5.41) is 10.0. The van der Waals surface area contributed by atoms with Crippen LogP contribution in [-0.4, -0.2) is 59.8 Å². The molecule has 1 saturated heterocycles. The van der Waals surface area contributed by atoms with Gasteiger partial charge >= 0.3 is 0 Å². The van der Waals surface area contributed by atoms with E-state index in [2.05, 4.69) is 0 Å². The minimum Gasteiger partial charge on any atom is -0.491 e. The molecule has 1 amide bonds. The van der Waals surface area contributed by atoms with Gasteiger partial charge in [0.25, 0.3) is 0 Å². The highest BCUT2D eigenvalue weighted by Gasteiger charge is 2.27. The Morgan fingerprint density at radius 3 is 2.80 bits per heavy atom. The van der Waals surface area contributed by atoms with Gasteiger partial charge in [0, 0.05) is 13.1 Å². The summed E-state index contributed by atoms with van der Waals surface area (Å²) in [6, 6.07) is 7.72. The number of carbonyl (C=O) groups is 1. The smallest absolute Gasteiger partial charge is 0.237 e. The number of nitrogens with zero attached hydrogens (tertiary/aromatic N) is 2. The lowest BCUT2D eigenvalue weighted by atomic mass is 10.2. The van der Waals surface area contributed by atoms with Gasteiger partial charge in [-0.05, 0) is 25.5 Å². The zero-order valence-corrected chi connectivity index (χ0v) is 12.1. The molecule has 1 N–H and O–H groups in total. The average molecular weight is 278 g/mol. The molecule has 0 spiro atoms. The van der Waals surface area contributed by atoms with Gasteiger partial charge in [-0.15, -0.1) is 0 Å². The van der Waals surface area contributed by atoms with Gasteiger partial charge in [0.1, 0.15) is 18.5 Å². The van der Waals surface area contributed by atoms with Gasteiger partial charge in [0.2, 0.25) is 5.91 Å². The Hall–Kier alpha value is -1.59. The van der Waals surface area contributed by atoms with Crippen molar-refractivity contribution in [1.29, 1.82) is 0 Å². The molecule has 2 rings (SSSR count). The van der Waals surface area contributed by atoms with E-state index in [4.69, 9.17) is 4.74 Å². The summed E-state index contributed by atoms with van der Waals surface area (Å²) < 4.78 is 5.61. The van der Waals surface area contributed by atoms with E-state index in [-0.39, 0.29) is 12.5 Å². The molecule has 110 valence electrons. The number of rotatable bonds is 6. The fourth-order valence-corrected chi connectivity index (χ4v) is 2.32. The first kappa shape index (κ1) is 14.8. The van der Waals surface area contributed by atoms with Crippen molar-refractivity contribution in [1.82, 2.24) is 9.80 Å². The number of likely N-dealkylation sites (N-methyl/N-ethyl adjacent to an activating group) is 1. The molecule has 0 radical (unpaired) electrons. The summed E-state index contributed by atoms with van der Waals surface area (Å²) in [5.41, 5.74) is 1.05. The lowest BCUT2D eigenvalue weighted by Crippen LogP contribution is -2.35. The van der Waals surface area contributed by atoms with Crippen molar-refractivity contribution in [3.8, 4) is 5.75 Å². The van der Waals surface area contributed by atoms with E-state index < -0.39 is 6.10 Å². The second kappa shape index (κ2) is 6.72. The predicted octanol–water partition coefficient (Wildman–Crippen LogP) is 0.856. The van der Waals surface area contributed by atoms with Crippen molar-refractivity contribution in [2.24, 2.45) is 0 Å². The highest BCUT2D eigenvalue weighted by atomic mass is 16.5. The second-order valence-electron chi connectivity index (χ2n) is 5.13. The van der Waals surface area contributed by atoms with Crippen LogP contribution in [0.15, 0.2) is 24.3 Å². The molecule has 5 nitrogen and oxygen atoms in total. The minimum absolute atomic E-state index is 0.125. The van der Waals surface area contributed by atoms with E-state index in [1.807, 2.05) is 43.0 Å². The van der Waals surface area contributed by atoms with E-state index in [9.17, 15) is 9.90 Å². The monoisotopic (exact) mass is 278 g/mol. The summed E-state index contributed by atoms with van der Waals surface area (Å²) in [4.78, 5) is 15.3. The van der Waals surface area contributed by atoms with Crippen LogP contribution in [-0.2, 0) is 4.79 Å². The standard InChI is InChI=1S/C15H22N2O3/c1-3-17-11-16(9-15(17)19)8-13(18)10-20-14-7-5-4-6-12(14)2/h4-7,13,18H,3,8-11H2,1-2H3/t13-/m0/s1. The van der Waals surface area contributed by atoms with Gasteiger partial charge in [0.15, 0.2) is 0 Å². The third-order valence-corrected chi connectivity index (χ3v) is 3.46. The number of carbonyl (C=O) groups excluding carboxylic acids is 1. The number of amides is 1. The molecule has 1 aromatic rings. The van der Waals surface area contributed by atoms with Gasteiger partial charge in [-0.3, -0.25) is 9.69 Å². The molecule has 5 heteroatoms. The first-order valence-electron chi connectivity index (χ1n) is 6.96. The molecule has 0 saturated carbocycles. The molecule has 0 aliphatic carbocycles. The van der Waals surface area contributed by atoms with E-state index in [0.29, 0.717) is 26.3 Å². The Kier molecular flexibility index (Phi) is 4.98. The first-order chi connectivity index (χ1) is 9.60. The van der Waals surface area contributed by atoms with Crippen LogP contribution >= 0.6 is 0 Å². The van der Waals surface area contributed by atoms with Crippen molar-refractivity contribution < 1.29 is 14.6 Å². The molecule has 0 unspecified atom stereocenters. The number of ether oxygens (including phenoxy) is 1.